The van der Waals surface area contributed by atoms with Crippen molar-refractivity contribution in [1.29, 1.82) is 0 Å². The molecule has 1 aromatic carbocycles. The van der Waals surface area contributed by atoms with Gasteiger partial charge in [-0.2, -0.15) is 8.78 Å². The molecule has 4 nitrogen and oxygen atoms in total. The van der Waals surface area contributed by atoms with Gasteiger partial charge in [0.2, 0.25) is 0 Å². The van der Waals surface area contributed by atoms with E-state index in [0.717, 1.165) is 25.9 Å². The summed E-state index contributed by atoms with van der Waals surface area (Å²) < 4.78 is 29.2. The van der Waals surface area contributed by atoms with Crippen LogP contribution in [0.15, 0.2) is 24.3 Å². The summed E-state index contributed by atoms with van der Waals surface area (Å²) in [6, 6.07) is 6.03. The number of hydrogen-bond donors (Lipinski definition) is 2. The molecule has 0 aliphatic carbocycles. The summed E-state index contributed by atoms with van der Waals surface area (Å²) in [7, 11) is 0. The van der Waals surface area contributed by atoms with Crippen LogP contribution in [0, 0.1) is 5.92 Å². The zero-order chi connectivity index (χ0) is 16.1. The first-order valence-electron chi connectivity index (χ1n) is 7.66. The van der Waals surface area contributed by atoms with E-state index in [1.165, 1.54) is 11.0 Å². The van der Waals surface area contributed by atoms with Crippen LogP contribution in [0.25, 0.3) is 0 Å². The molecule has 1 aliphatic rings. The summed E-state index contributed by atoms with van der Waals surface area (Å²) >= 11 is 0. The van der Waals surface area contributed by atoms with Crippen LogP contribution in [0.1, 0.15) is 26.7 Å². The monoisotopic (exact) mass is 313 g/mol. The summed E-state index contributed by atoms with van der Waals surface area (Å²) in [5, 5.41) is 2.71. The van der Waals surface area contributed by atoms with Gasteiger partial charge in [-0.1, -0.05) is 19.1 Å². The van der Waals surface area contributed by atoms with Crippen molar-refractivity contribution in [3.05, 3.63) is 24.3 Å². The number of nitrogens with one attached hydrogen (secondary N) is 2. The zero-order valence-electron chi connectivity index (χ0n) is 12.9. The van der Waals surface area contributed by atoms with E-state index >= 15 is 0 Å². The summed E-state index contributed by atoms with van der Waals surface area (Å²) in [6.07, 6.45) is 2.22. The Morgan fingerprint density at radius 1 is 1.32 bits per heavy atom. The van der Waals surface area contributed by atoms with Gasteiger partial charge in [0, 0.05) is 0 Å². The fraction of sp³-hybridized carbons (Fsp3) is 0.562. The number of hydrogen-bond acceptors (Lipinski definition) is 2. The van der Waals surface area contributed by atoms with E-state index < -0.39 is 6.61 Å². The predicted octanol–water partition coefficient (Wildman–Crippen LogP) is 1.93. The SMILES string of the molecule is CC1CC[NH+]([C@H](C)C(=O)Nc2ccccc2OC(F)F)CC1. The number of quaternary nitrogens is 1. The molecular formula is C16H23F2N2O2+. The number of rotatable bonds is 5. The first kappa shape index (κ1) is 16.7. The molecule has 2 rings (SSSR count). The van der Waals surface area contributed by atoms with Gasteiger partial charge >= 0.3 is 6.61 Å². The minimum absolute atomic E-state index is 0.0136. The van der Waals surface area contributed by atoms with Crippen molar-refractivity contribution in [1.82, 2.24) is 0 Å². The number of carbonyl (C=O) groups is 1. The Labute approximate surface area is 129 Å². The molecule has 0 saturated carbocycles. The highest BCUT2D eigenvalue weighted by atomic mass is 19.3. The van der Waals surface area contributed by atoms with Crippen LogP contribution in [-0.2, 0) is 4.79 Å². The van der Waals surface area contributed by atoms with E-state index in [1.54, 1.807) is 18.2 Å². The van der Waals surface area contributed by atoms with Gasteiger partial charge in [-0.05, 0) is 37.8 Å². The molecule has 1 fully saturated rings. The molecule has 122 valence electrons. The molecule has 1 saturated heterocycles. The smallest absolute Gasteiger partial charge is 0.387 e. The normalized spacial score (nSPS) is 23.1. The zero-order valence-corrected chi connectivity index (χ0v) is 12.9. The molecule has 1 aromatic rings. The van der Waals surface area contributed by atoms with Gasteiger partial charge in [-0.25, -0.2) is 0 Å². The van der Waals surface area contributed by atoms with Gasteiger partial charge in [0.05, 0.1) is 18.8 Å². The fourth-order valence-corrected chi connectivity index (χ4v) is 2.76. The highest BCUT2D eigenvalue weighted by Gasteiger charge is 2.29. The Morgan fingerprint density at radius 2 is 1.95 bits per heavy atom. The number of carbonyl (C=O) groups excluding carboxylic acids is 1. The summed E-state index contributed by atoms with van der Waals surface area (Å²) in [5.74, 6) is 0.523. The molecule has 1 atom stereocenters. The molecule has 1 amide bonds. The molecule has 22 heavy (non-hydrogen) atoms. The molecule has 0 bridgehead atoms. The van der Waals surface area contributed by atoms with Crippen molar-refractivity contribution in [3.8, 4) is 5.75 Å². The van der Waals surface area contributed by atoms with Crippen molar-refractivity contribution in [2.24, 2.45) is 5.92 Å². The van der Waals surface area contributed by atoms with Gasteiger partial charge < -0.3 is 15.0 Å². The van der Waals surface area contributed by atoms with Gasteiger partial charge in [-0.3, -0.25) is 4.79 Å². The summed E-state index contributed by atoms with van der Waals surface area (Å²) in [6.45, 7) is 3.11. The molecule has 1 heterocycles. The number of halogens is 2. The Hall–Kier alpha value is -1.69. The van der Waals surface area contributed by atoms with Crippen molar-refractivity contribution in [2.75, 3.05) is 18.4 Å². The van der Waals surface area contributed by atoms with E-state index in [-0.39, 0.29) is 23.4 Å². The third-order valence-corrected chi connectivity index (χ3v) is 4.28. The number of piperidine rings is 1. The second-order valence-electron chi connectivity index (χ2n) is 5.93. The van der Waals surface area contributed by atoms with Gasteiger partial charge in [0.15, 0.2) is 6.04 Å². The minimum atomic E-state index is -2.91. The van der Waals surface area contributed by atoms with Crippen LogP contribution in [0.4, 0.5) is 14.5 Å². The standard InChI is InChI=1S/C16H22F2N2O2/c1-11-7-9-20(10-8-11)12(2)15(21)19-13-5-3-4-6-14(13)22-16(17)18/h3-6,11-12,16H,7-10H2,1-2H3,(H,19,21)/p+1/t12-/m1/s1. The molecule has 0 unspecified atom stereocenters. The van der Waals surface area contributed by atoms with Crippen molar-refractivity contribution in [2.45, 2.75) is 39.3 Å². The third kappa shape index (κ3) is 4.40. The number of alkyl halides is 2. The second kappa shape index (κ2) is 7.54. The van der Waals surface area contributed by atoms with E-state index in [4.69, 9.17) is 0 Å². The average Bonchev–Trinajstić information content (AvgIpc) is 2.48. The number of anilines is 1. The molecule has 0 spiro atoms. The van der Waals surface area contributed by atoms with Gasteiger partial charge in [-0.15, -0.1) is 0 Å². The predicted molar refractivity (Wildman–Crippen MR) is 80.3 cm³/mol. The minimum Gasteiger partial charge on any atom is -0.433 e. The van der Waals surface area contributed by atoms with Crippen LogP contribution < -0.4 is 15.0 Å². The summed E-state index contributed by atoms with van der Waals surface area (Å²) in [4.78, 5) is 13.6. The lowest BCUT2D eigenvalue weighted by Gasteiger charge is -2.31. The van der Waals surface area contributed by atoms with Crippen LogP contribution in [0.5, 0.6) is 5.75 Å². The Bertz CT molecular complexity index is 503. The third-order valence-electron chi connectivity index (χ3n) is 4.28. The van der Waals surface area contributed by atoms with E-state index in [1.807, 2.05) is 6.92 Å². The maximum absolute atomic E-state index is 12.4. The number of benzene rings is 1. The van der Waals surface area contributed by atoms with Crippen molar-refractivity contribution in [3.63, 3.8) is 0 Å². The van der Waals surface area contributed by atoms with E-state index in [0.29, 0.717) is 5.92 Å². The highest BCUT2D eigenvalue weighted by molar-refractivity contribution is 5.94. The molecule has 0 radical (unpaired) electrons. The van der Waals surface area contributed by atoms with Crippen LogP contribution >= 0.6 is 0 Å². The molecule has 6 heteroatoms. The lowest BCUT2D eigenvalue weighted by Crippen LogP contribution is -3.17. The lowest BCUT2D eigenvalue weighted by atomic mass is 9.98. The Kier molecular flexibility index (Phi) is 5.71. The molecule has 1 aliphatic heterocycles. The second-order valence-corrected chi connectivity index (χ2v) is 5.93. The number of para-hydroxylation sites is 2. The quantitative estimate of drug-likeness (QED) is 0.872. The van der Waals surface area contributed by atoms with E-state index in [2.05, 4.69) is 17.0 Å². The van der Waals surface area contributed by atoms with Crippen molar-refractivity contribution >= 4 is 11.6 Å². The first-order valence-corrected chi connectivity index (χ1v) is 7.66. The number of ether oxygens (including phenoxy) is 1. The van der Waals surface area contributed by atoms with E-state index in [9.17, 15) is 13.6 Å². The number of amides is 1. The summed E-state index contributed by atoms with van der Waals surface area (Å²) in [5.41, 5.74) is 0.282. The molecular weight excluding hydrogens is 290 g/mol. The molecule has 2 N–H and O–H groups in total. The molecule has 0 aromatic heterocycles. The van der Waals surface area contributed by atoms with Gasteiger partial charge in [0.1, 0.15) is 5.75 Å². The Balaban J connectivity index is 1.99. The number of likely N-dealkylation sites (tertiary alicyclic amines) is 1. The van der Waals surface area contributed by atoms with Crippen LogP contribution in [-0.4, -0.2) is 31.7 Å². The lowest BCUT2D eigenvalue weighted by molar-refractivity contribution is -0.919. The maximum Gasteiger partial charge on any atom is 0.387 e. The van der Waals surface area contributed by atoms with Gasteiger partial charge in [0.25, 0.3) is 5.91 Å². The first-order chi connectivity index (χ1) is 10.5. The van der Waals surface area contributed by atoms with Crippen molar-refractivity contribution < 1.29 is 23.2 Å². The highest BCUT2D eigenvalue weighted by Crippen LogP contribution is 2.25. The topological polar surface area (TPSA) is 42.8 Å². The Morgan fingerprint density at radius 3 is 2.59 bits per heavy atom. The average molecular weight is 313 g/mol. The van der Waals surface area contributed by atoms with Crippen LogP contribution in [0.3, 0.4) is 0 Å². The fourth-order valence-electron chi connectivity index (χ4n) is 2.76. The van der Waals surface area contributed by atoms with Crippen LogP contribution in [0.2, 0.25) is 0 Å². The largest absolute Gasteiger partial charge is 0.433 e. The maximum atomic E-state index is 12.4.